The maximum atomic E-state index is 13.3. The Bertz CT molecular complexity index is 599. The van der Waals surface area contributed by atoms with Crippen molar-refractivity contribution in [3.05, 3.63) is 11.1 Å². The minimum absolute atomic E-state index is 0.0349. The number of carbonyl (C=O) groups excluding carboxylic acids is 2. The first kappa shape index (κ1) is 28.8. The van der Waals surface area contributed by atoms with Crippen LogP contribution in [0, 0.1) is 11.8 Å². The Morgan fingerprint density at radius 3 is 2.47 bits per heavy atom. The third kappa shape index (κ3) is 9.32. The highest BCUT2D eigenvalue weighted by atomic mass is 32.2. The van der Waals surface area contributed by atoms with E-state index in [1.807, 2.05) is 4.90 Å². The van der Waals surface area contributed by atoms with Gasteiger partial charge in [0.05, 0.1) is 13.2 Å². The summed E-state index contributed by atoms with van der Waals surface area (Å²) in [4.78, 5) is 27.0. The van der Waals surface area contributed by atoms with Crippen LogP contribution in [0.15, 0.2) is 11.1 Å². The molecule has 0 aromatic heterocycles. The molecule has 0 aromatic carbocycles. The number of thioether (sulfide) groups is 1. The van der Waals surface area contributed by atoms with E-state index in [4.69, 9.17) is 14.2 Å². The van der Waals surface area contributed by atoms with Gasteiger partial charge in [0.1, 0.15) is 17.8 Å². The third-order valence-electron chi connectivity index (χ3n) is 5.98. The van der Waals surface area contributed by atoms with Crippen molar-refractivity contribution in [2.75, 3.05) is 27.6 Å². The lowest BCUT2D eigenvalue weighted by atomic mass is 9.94. The molecule has 186 valence electrons. The van der Waals surface area contributed by atoms with Gasteiger partial charge in [0.25, 0.3) is 0 Å². The van der Waals surface area contributed by atoms with Gasteiger partial charge in [0, 0.05) is 31.6 Å². The molecule has 1 amide bonds. The highest BCUT2D eigenvalue weighted by Crippen LogP contribution is 2.30. The summed E-state index contributed by atoms with van der Waals surface area (Å²) in [5.74, 6) is 0.298. The van der Waals surface area contributed by atoms with Crippen LogP contribution in [0.3, 0.4) is 0 Å². The zero-order valence-electron chi connectivity index (χ0n) is 21.0. The SMILES string of the molecule is CCCCCOCN(C(=O)C[C@@H](C)CC)C(CC(OC)C1NC(C(=O)OC)=CS1)C(C)C. The summed E-state index contributed by atoms with van der Waals surface area (Å²) in [5, 5.41) is 4.86. The number of hydrogen-bond donors (Lipinski definition) is 1. The van der Waals surface area contributed by atoms with Crippen molar-refractivity contribution in [3.63, 3.8) is 0 Å². The molecule has 0 aliphatic carbocycles. The monoisotopic (exact) mass is 472 g/mol. The van der Waals surface area contributed by atoms with E-state index in [0.717, 1.165) is 25.7 Å². The number of unbranched alkanes of at least 4 members (excludes halogenated alkanes) is 2. The van der Waals surface area contributed by atoms with Crippen molar-refractivity contribution in [2.24, 2.45) is 11.8 Å². The summed E-state index contributed by atoms with van der Waals surface area (Å²) in [5.41, 5.74) is 0.439. The van der Waals surface area contributed by atoms with Gasteiger partial charge in [0.2, 0.25) is 5.91 Å². The summed E-state index contributed by atoms with van der Waals surface area (Å²) >= 11 is 1.51. The van der Waals surface area contributed by atoms with E-state index >= 15 is 0 Å². The first-order chi connectivity index (χ1) is 15.3. The zero-order valence-corrected chi connectivity index (χ0v) is 21.8. The van der Waals surface area contributed by atoms with Crippen molar-refractivity contribution in [1.82, 2.24) is 10.2 Å². The summed E-state index contributed by atoms with van der Waals surface area (Å²) < 4.78 is 16.6. The number of nitrogens with zero attached hydrogens (tertiary/aromatic N) is 1. The lowest BCUT2D eigenvalue weighted by Crippen LogP contribution is -2.49. The quantitative estimate of drug-likeness (QED) is 0.201. The van der Waals surface area contributed by atoms with E-state index in [1.54, 1.807) is 12.5 Å². The summed E-state index contributed by atoms with van der Waals surface area (Å²) in [6, 6.07) is -0.0349. The molecule has 1 aliphatic rings. The minimum atomic E-state index is -0.388. The summed E-state index contributed by atoms with van der Waals surface area (Å²) in [6.45, 7) is 11.6. The number of hydrogen-bond acceptors (Lipinski definition) is 7. The second-order valence-electron chi connectivity index (χ2n) is 8.87. The molecule has 0 radical (unpaired) electrons. The van der Waals surface area contributed by atoms with Gasteiger partial charge in [-0.3, -0.25) is 4.79 Å². The number of nitrogens with one attached hydrogen (secondary N) is 1. The first-order valence-corrected chi connectivity index (χ1v) is 12.8. The second-order valence-corrected chi connectivity index (χ2v) is 9.89. The fourth-order valence-corrected chi connectivity index (χ4v) is 4.67. The topological polar surface area (TPSA) is 77.1 Å². The maximum absolute atomic E-state index is 13.3. The summed E-state index contributed by atoms with van der Waals surface area (Å²) in [7, 11) is 3.04. The highest BCUT2D eigenvalue weighted by Gasteiger charge is 2.35. The molecule has 7 nitrogen and oxygen atoms in total. The second kappa shape index (κ2) is 15.6. The molecule has 1 heterocycles. The standard InChI is InChI=1S/C24H44N2O5S/c1-8-10-11-12-31-16-26(22(27)13-18(5)9-2)20(17(3)4)14-21(29-6)23-25-19(15-32-23)24(28)30-7/h15,17-18,20-21,23,25H,8-14,16H2,1-7H3/t18-,20?,21?,23?/m0/s1. The lowest BCUT2D eigenvalue weighted by molar-refractivity contribution is -0.144. The Labute approximate surface area is 199 Å². The van der Waals surface area contributed by atoms with Gasteiger partial charge in [-0.1, -0.05) is 53.9 Å². The fourth-order valence-electron chi connectivity index (χ4n) is 3.63. The Morgan fingerprint density at radius 1 is 1.19 bits per heavy atom. The number of amides is 1. The van der Waals surface area contributed by atoms with E-state index in [0.29, 0.717) is 37.8 Å². The van der Waals surface area contributed by atoms with Gasteiger partial charge in [0.15, 0.2) is 0 Å². The molecule has 0 saturated carbocycles. The minimum Gasteiger partial charge on any atom is -0.464 e. The van der Waals surface area contributed by atoms with Crippen LogP contribution in [-0.2, 0) is 23.8 Å². The molecular formula is C24H44N2O5S. The van der Waals surface area contributed by atoms with Crippen LogP contribution >= 0.6 is 11.8 Å². The van der Waals surface area contributed by atoms with Crippen molar-refractivity contribution in [3.8, 4) is 0 Å². The predicted molar refractivity (Wildman–Crippen MR) is 130 cm³/mol. The van der Waals surface area contributed by atoms with Gasteiger partial charge >= 0.3 is 5.97 Å². The molecule has 1 N–H and O–H groups in total. The molecule has 4 atom stereocenters. The number of esters is 1. The molecule has 1 aliphatic heterocycles. The fraction of sp³-hybridized carbons (Fsp3) is 0.833. The molecule has 3 unspecified atom stereocenters. The number of rotatable bonds is 16. The Hall–Kier alpha value is -1.25. The number of carbonyl (C=O) groups is 2. The average Bonchev–Trinajstić information content (AvgIpc) is 3.26. The van der Waals surface area contributed by atoms with Gasteiger partial charge in [-0.05, 0) is 24.7 Å². The van der Waals surface area contributed by atoms with E-state index in [-0.39, 0.29) is 35.3 Å². The predicted octanol–water partition coefficient (Wildman–Crippen LogP) is 4.52. The highest BCUT2D eigenvalue weighted by molar-refractivity contribution is 8.03. The first-order valence-electron chi connectivity index (χ1n) is 11.9. The van der Waals surface area contributed by atoms with Gasteiger partial charge in [-0.15, -0.1) is 11.8 Å². The molecule has 0 saturated heterocycles. The van der Waals surface area contributed by atoms with E-state index in [1.165, 1.54) is 18.9 Å². The molecule has 32 heavy (non-hydrogen) atoms. The molecular weight excluding hydrogens is 428 g/mol. The molecule has 0 fully saturated rings. The Balaban J connectivity index is 2.92. The molecule has 8 heteroatoms. The van der Waals surface area contributed by atoms with E-state index < -0.39 is 0 Å². The largest absolute Gasteiger partial charge is 0.464 e. The third-order valence-corrected chi connectivity index (χ3v) is 7.07. The number of ether oxygens (including phenoxy) is 3. The van der Waals surface area contributed by atoms with Crippen LogP contribution < -0.4 is 5.32 Å². The van der Waals surface area contributed by atoms with Gasteiger partial charge in [-0.2, -0.15) is 0 Å². The Morgan fingerprint density at radius 2 is 1.91 bits per heavy atom. The molecule has 0 aromatic rings. The average molecular weight is 473 g/mol. The zero-order chi connectivity index (χ0) is 24.1. The molecule has 0 bridgehead atoms. The van der Waals surface area contributed by atoms with Crippen LogP contribution in [-0.4, -0.2) is 61.9 Å². The number of methoxy groups -OCH3 is 2. The van der Waals surface area contributed by atoms with Crippen molar-refractivity contribution in [2.45, 2.75) is 90.7 Å². The van der Waals surface area contributed by atoms with Crippen molar-refractivity contribution < 1.29 is 23.8 Å². The smallest absolute Gasteiger partial charge is 0.354 e. The van der Waals surface area contributed by atoms with E-state index in [2.05, 4.69) is 39.9 Å². The van der Waals surface area contributed by atoms with Crippen LogP contribution in [0.2, 0.25) is 0 Å². The molecule has 0 spiro atoms. The Kier molecular flexibility index (Phi) is 14.0. The van der Waals surface area contributed by atoms with Crippen LogP contribution in [0.1, 0.15) is 73.1 Å². The van der Waals surface area contributed by atoms with Gasteiger partial charge in [-0.25, -0.2) is 4.79 Å². The lowest BCUT2D eigenvalue weighted by Gasteiger charge is -2.38. The van der Waals surface area contributed by atoms with Crippen LogP contribution in [0.4, 0.5) is 0 Å². The molecule has 1 rings (SSSR count). The van der Waals surface area contributed by atoms with Gasteiger partial charge < -0.3 is 24.4 Å². The van der Waals surface area contributed by atoms with Crippen LogP contribution in [0.5, 0.6) is 0 Å². The van der Waals surface area contributed by atoms with Crippen molar-refractivity contribution >= 4 is 23.6 Å². The normalized spacial score (nSPS) is 18.6. The summed E-state index contributed by atoms with van der Waals surface area (Å²) in [6.07, 6.45) is 5.20. The maximum Gasteiger partial charge on any atom is 0.354 e. The van der Waals surface area contributed by atoms with E-state index in [9.17, 15) is 9.59 Å². The van der Waals surface area contributed by atoms with Crippen molar-refractivity contribution in [1.29, 1.82) is 0 Å². The van der Waals surface area contributed by atoms with Crippen LogP contribution in [0.25, 0.3) is 0 Å².